The third-order valence-corrected chi connectivity index (χ3v) is 0.829. The Morgan fingerprint density at radius 3 is 1.89 bits per heavy atom. The zero-order valence-corrected chi connectivity index (χ0v) is 6.45. The van der Waals surface area contributed by atoms with Gasteiger partial charge >= 0.3 is 5.97 Å². The van der Waals surface area contributed by atoms with Crippen LogP contribution in [-0.4, -0.2) is 29.9 Å². The fourth-order valence-corrected chi connectivity index (χ4v) is 0.352. The van der Waals surface area contributed by atoms with Crippen molar-refractivity contribution in [2.45, 2.75) is 13.8 Å². The van der Waals surface area contributed by atoms with E-state index in [0.29, 0.717) is 12.0 Å². The number of rotatable bonds is 0. The first-order valence-electron chi connectivity index (χ1n) is 1.98. The van der Waals surface area contributed by atoms with Crippen molar-refractivity contribution < 1.29 is 13.8 Å². The normalized spacial score (nSPS) is 7.33. The first-order valence-corrected chi connectivity index (χ1v) is 2.72. The molecule has 0 unspecified atom stereocenters. The summed E-state index contributed by atoms with van der Waals surface area (Å²) >= 11 is 0.551. The van der Waals surface area contributed by atoms with Crippen LogP contribution in [0.3, 0.4) is 0 Å². The van der Waals surface area contributed by atoms with Gasteiger partial charge < -0.3 is 4.18 Å². The Kier molecular flexibility index (Phi) is 8.17. The molecule has 9 heavy (non-hydrogen) atoms. The standard InChI is InChI=1S/C4H6O3S.Li/c1-3(5)7-8-4(2)6;/h1-2H3;. The SMILES string of the molecule is CC(=O)OSC(C)=O.[Li]. The summed E-state index contributed by atoms with van der Waals surface area (Å²) in [5, 5.41) is -0.222. The summed E-state index contributed by atoms with van der Waals surface area (Å²) in [5.41, 5.74) is 0. The summed E-state index contributed by atoms with van der Waals surface area (Å²) < 4.78 is 4.23. The van der Waals surface area contributed by atoms with Crippen LogP contribution in [0.1, 0.15) is 13.8 Å². The van der Waals surface area contributed by atoms with Crippen molar-refractivity contribution in [2.24, 2.45) is 0 Å². The zero-order chi connectivity index (χ0) is 6.57. The maximum Gasteiger partial charge on any atom is 0.315 e. The van der Waals surface area contributed by atoms with E-state index in [1.165, 1.54) is 13.8 Å². The van der Waals surface area contributed by atoms with Gasteiger partial charge in [0.05, 0.1) is 0 Å². The molecule has 0 bridgehead atoms. The van der Waals surface area contributed by atoms with Gasteiger partial charge in [-0.25, -0.2) is 0 Å². The van der Waals surface area contributed by atoms with E-state index in [4.69, 9.17) is 0 Å². The van der Waals surface area contributed by atoms with Crippen LogP contribution >= 0.6 is 12.0 Å². The van der Waals surface area contributed by atoms with Gasteiger partial charge in [0.1, 0.15) is 12.0 Å². The monoisotopic (exact) mass is 141 g/mol. The van der Waals surface area contributed by atoms with Gasteiger partial charge in [-0.15, -0.1) is 0 Å². The quantitative estimate of drug-likeness (QED) is 0.361. The smallest absolute Gasteiger partial charge is 0.315 e. The van der Waals surface area contributed by atoms with E-state index in [1.54, 1.807) is 0 Å². The predicted molar refractivity (Wildman–Crippen MR) is 35.8 cm³/mol. The van der Waals surface area contributed by atoms with Gasteiger partial charge in [0.15, 0.2) is 0 Å². The second-order valence-corrected chi connectivity index (χ2v) is 2.06. The van der Waals surface area contributed by atoms with E-state index >= 15 is 0 Å². The van der Waals surface area contributed by atoms with Crippen molar-refractivity contribution in [3.8, 4) is 0 Å². The Hall–Kier alpha value is 0.0874. The number of carbonyl (C=O) groups excluding carboxylic acids is 2. The molecule has 0 aliphatic carbocycles. The predicted octanol–water partition coefficient (Wildman–Crippen LogP) is 0.363. The topological polar surface area (TPSA) is 43.4 Å². The third kappa shape index (κ3) is 11.6. The van der Waals surface area contributed by atoms with Crippen molar-refractivity contribution in [1.29, 1.82) is 0 Å². The van der Waals surface area contributed by atoms with Gasteiger partial charge in [-0.05, 0) is 0 Å². The van der Waals surface area contributed by atoms with Crippen molar-refractivity contribution in [3.63, 3.8) is 0 Å². The number of hydrogen-bond acceptors (Lipinski definition) is 4. The second-order valence-electron chi connectivity index (χ2n) is 1.15. The average molecular weight is 141 g/mol. The molecule has 0 rings (SSSR count). The molecular formula is C4H6LiO3S. The molecule has 0 spiro atoms. The molecule has 3 nitrogen and oxygen atoms in total. The summed E-state index contributed by atoms with van der Waals surface area (Å²) in [5.74, 6) is -0.454. The van der Waals surface area contributed by atoms with Crippen molar-refractivity contribution in [2.75, 3.05) is 0 Å². The molecule has 0 atom stereocenters. The van der Waals surface area contributed by atoms with E-state index in [2.05, 4.69) is 4.18 Å². The van der Waals surface area contributed by atoms with Crippen LogP contribution < -0.4 is 0 Å². The van der Waals surface area contributed by atoms with Crippen LogP contribution in [0, 0.1) is 0 Å². The Bertz CT molecular complexity index is 100. The molecule has 0 amide bonds. The van der Waals surface area contributed by atoms with Gasteiger partial charge in [-0.2, -0.15) is 0 Å². The van der Waals surface area contributed by atoms with Crippen molar-refractivity contribution in [3.05, 3.63) is 0 Å². The van der Waals surface area contributed by atoms with Crippen LogP contribution in [0.4, 0.5) is 0 Å². The largest absolute Gasteiger partial charge is 0.383 e. The third-order valence-electron chi connectivity index (χ3n) is 0.276. The molecule has 0 aromatic heterocycles. The number of carbonyl (C=O) groups is 2. The van der Waals surface area contributed by atoms with Crippen molar-refractivity contribution in [1.82, 2.24) is 0 Å². The molecular weight excluding hydrogens is 135 g/mol. The fourth-order valence-electron chi connectivity index (χ4n) is 0.117. The second kappa shape index (κ2) is 6.21. The molecule has 0 N–H and O–H groups in total. The van der Waals surface area contributed by atoms with Crippen molar-refractivity contribution >= 4 is 42.0 Å². The summed E-state index contributed by atoms with van der Waals surface area (Å²) in [6.45, 7) is 2.57. The van der Waals surface area contributed by atoms with Crippen LogP contribution in [0.2, 0.25) is 0 Å². The molecule has 5 heteroatoms. The summed E-state index contributed by atoms with van der Waals surface area (Å²) in [6, 6.07) is 0. The average Bonchev–Trinajstić information content (AvgIpc) is 1.61. The van der Waals surface area contributed by atoms with Gasteiger partial charge in [-0.1, -0.05) is 0 Å². The van der Waals surface area contributed by atoms with Crippen LogP contribution in [0.15, 0.2) is 0 Å². The number of hydrogen-bond donors (Lipinski definition) is 0. The molecule has 0 saturated carbocycles. The van der Waals surface area contributed by atoms with Gasteiger partial charge in [0.25, 0.3) is 0 Å². The molecule has 0 aromatic carbocycles. The molecule has 0 fully saturated rings. The van der Waals surface area contributed by atoms with Gasteiger partial charge in [0.2, 0.25) is 5.12 Å². The molecule has 0 aliphatic rings. The minimum atomic E-state index is -0.454. The van der Waals surface area contributed by atoms with E-state index in [0.717, 1.165) is 0 Å². The van der Waals surface area contributed by atoms with E-state index < -0.39 is 5.97 Å². The maximum atomic E-state index is 10.0. The zero-order valence-electron chi connectivity index (χ0n) is 5.63. The maximum absolute atomic E-state index is 10.0. The van der Waals surface area contributed by atoms with E-state index in [-0.39, 0.29) is 24.0 Å². The summed E-state index contributed by atoms with van der Waals surface area (Å²) in [7, 11) is 0. The Morgan fingerprint density at radius 1 is 1.33 bits per heavy atom. The Morgan fingerprint density at radius 2 is 1.78 bits per heavy atom. The van der Waals surface area contributed by atoms with Crippen LogP contribution in [-0.2, 0) is 13.8 Å². The molecule has 47 valence electrons. The summed E-state index contributed by atoms with van der Waals surface area (Å²) in [4.78, 5) is 20.0. The first kappa shape index (κ1) is 11.8. The van der Waals surface area contributed by atoms with Crippen LogP contribution in [0.5, 0.6) is 0 Å². The van der Waals surface area contributed by atoms with Gasteiger partial charge in [-0.3, -0.25) is 9.59 Å². The summed E-state index contributed by atoms with van der Waals surface area (Å²) in [6.07, 6.45) is 0. The first-order chi connectivity index (χ1) is 3.63. The molecule has 0 aromatic rings. The van der Waals surface area contributed by atoms with Gasteiger partial charge in [0, 0.05) is 32.7 Å². The van der Waals surface area contributed by atoms with E-state index in [9.17, 15) is 9.59 Å². The fraction of sp³-hybridized carbons (Fsp3) is 0.500. The van der Waals surface area contributed by atoms with Crippen LogP contribution in [0.25, 0.3) is 0 Å². The molecule has 0 saturated heterocycles. The Labute approximate surface area is 69.9 Å². The Balaban J connectivity index is 0. The molecule has 0 aliphatic heterocycles. The minimum absolute atomic E-state index is 0. The minimum Gasteiger partial charge on any atom is -0.383 e. The molecule has 1 radical (unpaired) electrons. The molecule has 0 heterocycles. The van der Waals surface area contributed by atoms with E-state index in [1.807, 2.05) is 0 Å².